The van der Waals surface area contributed by atoms with E-state index in [2.05, 4.69) is 4.98 Å². The van der Waals surface area contributed by atoms with Crippen LogP contribution in [0.2, 0.25) is 0 Å². The van der Waals surface area contributed by atoms with Crippen molar-refractivity contribution in [3.8, 4) is 11.6 Å². The van der Waals surface area contributed by atoms with Crippen molar-refractivity contribution in [2.45, 2.75) is 11.4 Å². The zero-order chi connectivity index (χ0) is 14.8. The second-order valence-electron chi connectivity index (χ2n) is 4.17. The summed E-state index contributed by atoms with van der Waals surface area (Å²) in [5.41, 5.74) is 5.89. The van der Waals surface area contributed by atoms with Gasteiger partial charge in [-0.15, -0.1) is 0 Å². The number of sulfone groups is 1. The van der Waals surface area contributed by atoms with Gasteiger partial charge in [-0.1, -0.05) is 6.07 Å². The summed E-state index contributed by atoms with van der Waals surface area (Å²) < 4.78 is 41.4. The molecule has 2 rings (SSSR count). The molecule has 1 aromatic carbocycles. The molecule has 1 heterocycles. The Kier molecular flexibility index (Phi) is 4.01. The number of hydrogen-bond acceptors (Lipinski definition) is 5. The van der Waals surface area contributed by atoms with Crippen molar-refractivity contribution in [2.75, 3.05) is 6.26 Å². The SMILES string of the molecule is CS(=O)(=O)c1cccc(Oc2ncc(F)cc2CN)c1. The molecule has 5 nitrogen and oxygen atoms in total. The molecule has 0 aliphatic rings. The fourth-order valence-electron chi connectivity index (χ4n) is 1.59. The zero-order valence-electron chi connectivity index (χ0n) is 10.7. The highest BCUT2D eigenvalue weighted by atomic mass is 32.2. The topological polar surface area (TPSA) is 82.3 Å². The maximum absolute atomic E-state index is 13.0. The summed E-state index contributed by atoms with van der Waals surface area (Å²) in [6.07, 6.45) is 2.11. The lowest BCUT2D eigenvalue weighted by Crippen LogP contribution is -2.03. The maximum atomic E-state index is 13.0. The molecule has 2 aromatic rings. The van der Waals surface area contributed by atoms with Gasteiger partial charge in [0.25, 0.3) is 0 Å². The monoisotopic (exact) mass is 296 g/mol. The van der Waals surface area contributed by atoms with E-state index in [9.17, 15) is 12.8 Å². The number of ether oxygens (including phenoxy) is 1. The molecule has 0 atom stereocenters. The Morgan fingerprint density at radius 3 is 2.75 bits per heavy atom. The van der Waals surface area contributed by atoms with E-state index >= 15 is 0 Å². The van der Waals surface area contributed by atoms with Crippen molar-refractivity contribution in [3.05, 3.63) is 47.9 Å². The van der Waals surface area contributed by atoms with Gasteiger partial charge in [-0.3, -0.25) is 0 Å². The lowest BCUT2D eigenvalue weighted by atomic mass is 10.2. The van der Waals surface area contributed by atoms with Crippen LogP contribution in [0.25, 0.3) is 0 Å². The van der Waals surface area contributed by atoms with Crippen LogP contribution in [0.3, 0.4) is 0 Å². The highest BCUT2D eigenvalue weighted by Crippen LogP contribution is 2.25. The Morgan fingerprint density at radius 2 is 2.10 bits per heavy atom. The van der Waals surface area contributed by atoms with E-state index in [1.54, 1.807) is 12.1 Å². The van der Waals surface area contributed by atoms with Crippen molar-refractivity contribution >= 4 is 9.84 Å². The first-order valence-electron chi connectivity index (χ1n) is 5.72. The Bertz CT molecular complexity index is 732. The molecule has 0 bridgehead atoms. The van der Waals surface area contributed by atoms with Crippen LogP contribution in [0.1, 0.15) is 5.56 Å². The van der Waals surface area contributed by atoms with Crippen LogP contribution >= 0.6 is 0 Å². The van der Waals surface area contributed by atoms with Crippen molar-refractivity contribution in [1.29, 1.82) is 0 Å². The second-order valence-corrected chi connectivity index (χ2v) is 6.19. The van der Waals surface area contributed by atoms with Gasteiger partial charge in [0, 0.05) is 18.4 Å². The predicted molar refractivity (Wildman–Crippen MR) is 71.7 cm³/mol. The third-order valence-electron chi connectivity index (χ3n) is 2.56. The summed E-state index contributed by atoms with van der Waals surface area (Å²) in [5, 5.41) is 0. The Balaban J connectivity index is 2.36. The number of halogens is 1. The molecule has 2 N–H and O–H groups in total. The van der Waals surface area contributed by atoms with Gasteiger partial charge in [0.15, 0.2) is 9.84 Å². The van der Waals surface area contributed by atoms with Gasteiger partial charge in [-0.05, 0) is 24.3 Å². The fourth-order valence-corrected chi connectivity index (χ4v) is 2.24. The lowest BCUT2D eigenvalue weighted by Gasteiger charge is -2.09. The number of nitrogens with two attached hydrogens (primary N) is 1. The van der Waals surface area contributed by atoms with Gasteiger partial charge < -0.3 is 10.5 Å². The van der Waals surface area contributed by atoms with Crippen LogP contribution in [-0.2, 0) is 16.4 Å². The molecule has 0 saturated carbocycles. The minimum atomic E-state index is -3.33. The van der Waals surface area contributed by atoms with Crippen LogP contribution in [0.15, 0.2) is 41.4 Å². The first-order valence-corrected chi connectivity index (χ1v) is 7.62. The molecule has 20 heavy (non-hydrogen) atoms. The number of aromatic nitrogens is 1. The number of rotatable bonds is 4. The summed E-state index contributed by atoms with van der Waals surface area (Å²) in [5.74, 6) is -0.0658. The van der Waals surface area contributed by atoms with E-state index in [-0.39, 0.29) is 17.3 Å². The molecule has 7 heteroatoms. The minimum absolute atomic E-state index is 0.0614. The van der Waals surface area contributed by atoms with Crippen LogP contribution in [0.4, 0.5) is 4.39 Å². The van der Waals surface area contributed by atoms with Crippen LogP contribution in [0.5, 0.6) is 11.6 Å². The molecule has 0 aliphatic heterocycles. The van der Waals surface area contributed by atoms with Crippen LogP contribution < -0.4 is 10.5 Å². The van der Waals surface area contributed by atoms with E-state index in [1.165, 1.54) is 18.2 Å². The average Bonchev–Trinajstić information content (AvgIpc) is 2.40. The molecule has 0 aliphatic carbocycles. The van der Waals surface area contributed by atoms with Gasteiger partial charge in [0.05, 0.1) is 11.1 Å². The maximum Gasteiger partial charge on any atom is 0.223 e. The van der Waals surface area contributed by atoms with Gasteiger partial charge in [-0.2, -0.15) is 0 Å². The molecule has 0 unspecified atom stereocenters. The standard InChI is InChI=1S/C13H13FN2O3S/c1-20(17,18)12-4-2-3-11(6-12)19-13-9(7-15)5-10(14)8-16-13/h2-6,8H,7,15H2,1H3. The van der Waals surface area contributed by atoms with Crippen LogP contribution in [0, 0.1) is 5.82 Å². The summed E-state index contributed by atoms with van der Waals surface area (Å²) in [6, 6.07) is 7.20. The third-order valence-corrected chi connectivity index (χ3v) is 3.67. The minimum Gasteiger partial charge on any atom is -0.439 e. The molecule has 0 amide bonds. The van der Waals surface area contributed by atoms with Crippen molar-refractivity contribution < 1.29 is 17.5 Å². The van der Waals surface area contributed by atoms with Gasteiger partial charge in [0.1, 0.15) is 11.6 Å². The molecule has 0 spiro atoms. The quantitative estimate of drug-likeness (QED) is 0.931. The number of nitrogens with zero attached hydrogens (tertiary/aromatic N) is 1. The Labute approximate surface area is 116 Å². The van der Waals surface area contributed by atoms with E-state index in [0.29, 0.717) is 11.3 Å². The molecule has 0 fully saturated rings. The molecule has 0 radical (unpaired) electrons. The summed E-state index contributed by atoms with van der Waals surface area (Å²) >= 11 is 0. The Morgan fingerprint density at radius 1 is 1.35 bits per heavy atom. The van der Waals surface area contributed by atoms with Crippen LogP contribution in [-0.4, -0.2) is 19.7 Å². The van der Waals surface area contributed by atoms with Crippen molar-refractivity contribution in [1.82, 2.24) is 4.98 Å². The lowest BCUT2D eigenvalue weighted by molar-refractivity contribution is 0.450. The van der Waals surface area contributed by atoms with Gasteiger partial charge >= 0.3 is 0 Å². The smallest absolute Gasteiger partial charge is 0.223 e. The number of benzene rings is 1. The second kappa shape index (κ2) is 5.56. The fraction of sp³-hybridized carbons (Fsp3) is 0.154. The first kappa shape index (κ1) is 14.4. The molecule has 0 saturated heterocycles. The summed E-state index contributed by atoms with van der Waals surface area (Å²) in [4.78, 5) is 3.94. The Hall–Kier alpha value is -1.99. The van der Waals surface area contributed by atoms with Gasteiger partial charge in [-0.25, -0.2) is 17.8 Å². The van der Waals surface area contributed by atoms with E-state index in [4.69, 9.17) is 10.5 Å². The molecular weight excluding hydrogens is 283 g/mol. The summed E-state index contributed by atoms with van der Waals surface area (Å²) in [7, 11) is -3.33. The predicted octanol–water partition coefficient (Wildman–Crippen LogP) is 1.88. The normalized spacial score (nSPS) is 11.3. The average molecular weight is 296 g/mol. The largest absolute Gasteiger partial charge is 0.439 e. The van der Waals surface area contributed by atoms with E-state index in [0.717, 1.165) is 12.5 Å². The molecule has 106 valence electrons. The highest BCUT2D eigenvalue weighted by Gasteiger charge is 2.11. The van der Waals surface area contributed by atoms with Crippen molar-refractivity contribution in [3.63, 3.8) is 0 Å². The van der Waals surface area contributed by atoms with Crippen molar-refractivity contribution in [2.24, 2.45) is 5.73 Å². The number of hydrogen-bond donors (Lipinski definition) is 1. The number of pyridine rings is 1. The first-order chi connectivity index (χ1) is 9.40. The molecule has 1 aromatic heterocycles. The zero-order valence-corrected chi connectivity index (χ0v) is 11.5. The third kappa shape index (κ3) is 3.31. The summed E-state index contributed by atoms with van der Waals surface area (Å²) in [6.45, 7) is 0.0614. The molecular formula is C13H13FN2O3S. The van der Waals surface area contributed by atoms with E-state index < -0.39 is 15.7 Å². The van der Waals surface area contributed by atoms with E-state index in [1.807, 2.05) is 0 Å². The van der Waals surface area contributed by atoms with Gasteiger partial charge in [0.2, 0.25) is 5.88 Å². The highest BCUT2D eigenvalue weighted by molar-refractivity contribution is 7.90.